The van der Waals surface area contributed by atoms with Gasteiger partial charge in [-0.1, -0.05) is 0 Å². The van der Waals surface area contributed by atoms with E-state index >= 15 is 0 Å². The molecule has 0 radical (unpaired) electrons. The van der Waals surface area contributed by atoms with E-state index in [1.54, 1.807) is 11.3 Å². The second-order valence-corrected chi connectivity index (χ2v) is 19.9. The van der Waals surface area contributed by atoms with Crippen molar-refractivity contribution < 1.29 is 9.53 Å². The summed E-state index contributed by atoms with van der Waals surface area (Å²) < 4.78 is 6.09. The number of aromatic nitrogens is 1. The maximum absolute atomic E-state index is 13.9. The first kappa shape index (κ1) is 27.5. The van der Waals surface area contributed by atoms with Gasteiger partial charge in [0, 0.05) is 0 Å². The molecule has 5 aromatic rings. The van der Waals surface area contributed by atoms with Crippen molar-refractivity contribution in [2.24, 2.45) is 0 Å². The number of thiazole rings is 1. The molecule has 0 aliphatic rings. The van der Waals surface area contributed by atoms with E-state index in [4.69, 9.17) is 9.72 Å². The number of halogens is 1. The molecule has 0 amide bonds. The molecule has 0 aliphatic carbocycles. The minimum atomic E-state index is -3.40. The summed E-state index contributed by atoms with van der Waals surface area (Å²) >= 11 is 5.94. The fourth-order valence-corrected chi connectivity index (χ4v) is 13.3. The standard InChI is InChI=1S/C33H31BrNO2PS/c1-25(2)32-30(39-33(35-32)26-15-7-3-8-16-26)23-37-31(36)24-38(34,27-17-9-4-10-18-27,28-19-11-5-12-20-28)29-21-13-6-14-22-29/h3-22,25H,23-24H2,1-2H3. The van der Waals surface area contributed by atoms with E-state index in [-0.39, 0.29) is 24.7 Å². The summed E-state index contributed by atoms with van der Waals surface area (Å²) in [5, 5.41) is 0.808. The molecule has 39 heavy (non-hydrogen) atoms. The van der Waals surface area contributed by atoms with Crippen molar-refractivity contribution >= 4 is 54.0 Å². The second-order valence-electron chi connectivity index (χ2n) is 9.86. The van der Waals surface area contributed by atoms with Crippen molar-refractivity contribution in [3.05, 3.63) is 132 Å². The van der Waals surface area contributed by atoms with Crippen molar-refractivity contribution in [3.63, 3.8) is 0 Å². The third-order valence-electron chi connectivity index (χ3n) is 6.97. The predicted octanol–water partition coefficient (Wildman–Crippen LogP) is 7.82. The average Bonchev–Trinajstić information content (AvgIpc) is 3.43. The van der Waals surface area contributed by atoms with E-state index in [1.807, 2.05) is 72.8 Å². The van der Waals surface area contributed by atoms with Crippen LogP contribution in [0.2, 0.25) is 0 Å². The first-order valence-corrected chi connectivity index (χ1v) is 18.3. The van der Waals surface area contributed by atoms with Crippen LogP contribution in [0.15, 0.2) is 121 Å². The van der Waals surface area contributed by atoms with Crippen LogP contribution >= 0.6 is 32.1 Å². The summed E-state index contributed by atoms with van der Waals surface area (Å²) in [7, 11) is 0. The molecule has 0 atom stereocenters. The topological polar surface area (TPSA) is 39.2 Å². The molecule has 1 heterocycles. The number of hydrogen-bond acceptors (Lipinski definition) is 4. The molecule has 0 saturated heterocycles. The fraction of sp³-hybridized carbons (Fsp3) is 0.152. The maximum atomic E-state index is 13.9. The molecular weight excluding hydrogens is 585 g/mol. The van der Waals surface area contributed by atoms with Crippen molar-refractivity contribution in [1.82, 2.24) is 4.98 Å². The van der Waals surface area contributed by atoms with E-state index in [2.05, 4.69) is 77.9 Å². The van der Waals surface area contributed by atoms with E-state index in [0.29, 0.717) is 0 Å². The summed E-state index contributed by atoms with van der Waals surface area (Å²) in [5.74, 6) is -0.0220. The molecule has 1 aromatic heterocycles. The molecule has 0 bridgehead atoms. The minimum absolute atomic E-state index is 0.199. The SMILES string of the molecule is CC(C)c1nc(-c2ccccc2)sc1COC(=O)CP(Br)(c1ccccc1)(c1ccccc1)c1ccccc1. The van der Waals surface area contributed by atoms with Crippen LogP contribution in [0.1, 0.15) is 30.3 Å². The third kappa shape index (κ3) is 5.36. The van der Waals surface area contributed by atoms with Gasteiger partial charge in [0.1, 0.15) is 0 Å². The van der Waals surface area contributed by atoms with Crippen molar-refractivity contribution in [2.75, 3.05) is 6.16 Å². The van der Waals surface area contributed by atoms with Gasteiger partial charge in [0.2, 0.25) is 0 Å². The number of nitrogens with zero attached hydrogens (tertiary/aromatic N) is 1. The first-order chi connectivity index (χ1) is 18.9. The summed E-state index contributed by atoms with van der Waals surface area (Å²) in [6.45, 7) is 4.45. The Balaban J connectivity index is 1.53. The Kier molecular flexibility index (Phi) is 8.13. The number of esters is 1. The number of ether oxygens (including phenoxy) is 1. The monoisotopic (exact) mass is 615 g/mol. The molecule has 6 heteroatoms. The Bertz CT molecular complexity index is 1440. The summed E-state index contributed by atoms with van der Waals surface area (Å²) in [4.78, 5) is 19.8. The number of rotatable bonds is 9. The summed E-state index contributed by atoms with van der Waals surface area (Å²) in [6.07, 6.45) is 0.199. The van der Waals surface area contributed by atoms with Gasteiger partial charge in [0.15, 0.2) is 0 Å². The molecule has 5 rings (SSSR count). The Morgan fingerprint density at radius 3 is 1.64 bits per heavy atom. The molecule has 0 spiro atoms. The number of benzene rings is 4. The van der Waals surface area contributed by atoms with Crippen LogP contribution in [-0.4, -0.2) is 17.1 Å². The molecule has 0 unspecified atom stereocenters. The van der Waals surface area contributed by atoms with Gasteiger partial charge in [0.25, 0.3) is 0 Å². The van der Waals surface area contributed by atoms with Crippen LogP contribution in [0.3, 0.4) is 0 Å². The van der Waals surface area contributed by atoms with Gasteiger partial charge < -0.3 is 0 Å². The zero-order valence-electron chi connectivity index (χ0n) is 22.0. The van der Waals surface area contributed by atoms with Crippen molar-refractivity contribution in [1.29, 1.82) is 0 Å². The number of carbonyl (C=O) groups is 1. The van der Waals surface area contributed by atoms with Gasteiger partial charge in [-0.25, -0.2) is 0 Å². The quantitative estimate of drug-likeness (QED) is 0.125. The van der Waals surface area contributed by atoms with Crippen LogP contribution in [0.4, 0.5) is 0 Å². The number of carbonyl (C=O) groups excluding carboxylic acids is 1. The summed E-state index contributed by atoms with van der Waals surface area (Å²) in [6, 6.07) is 41.1. The Morgan fingerprint density at radius 1 is 0.769 bits per heavy atom. The third-order valence-corrected chi connectivity index (χ3v) is 17.5. The molecule has 0 saturated carbocycles. The second kappa shape index (κ2) is 11.6. The zero-order chi connectivity index (χ0) is 27.3. The molecule has 0 aliphatic heterocycles. The van der Waals surface area contributed by atoms with Gasteiger partial charge in [0.05, 0.1) is 0 Å². The van der Waals surface area contributed by atoms with E-state index in [1.165, 1.54) is 0 Å². The van der Waals surface area contributed by atoms with E-state index < -0.39 is 5.31 Å². The average molecular weight is 617 g/mol. The molecule has 0 N–H and O–H groups in total. The first-order valence-electron chi connectivity index (χ1n) is 13.0. The molecule has 3 nitrogen and oxygen atoms in total. The van der Waals surface area contributed by atoms with Gasteiger partial charge >= 0.3 is 244 Å². The Hall–Kier alpha value is -3.11. The van der Waals surface area contributed by atoms with Gasteiger partial charge in [-0.15, -0.1) is 0 Å². The summed E-state index contributed by atoms with van der Waals surface area (Å²) in [5.41, 5.74) is 2.06. The van der Waals surface area contributed by atoms with Crippen molar-refractivity contribution in [3.8, 4) is 10.6 Å². The van der Waals surface area contributed by atoms with Crippen LogP contribution in [0.5, 0.6) is 0 Å². The van der Waals surface area contributed by atoms with E-state index in [9.17, 15) is 4.79 Å². The Morgan fingerprint density at radius 2 is 1.21 bits per heavy atom. The van der Waals surface area contributed by atoms with Crippen LogP contribution in [0, 0.1) is 0 Å². The number of hydrogen-bond donors (Lipinski definition) is 0. The van der Waals surface area contributed by atoms with Gasteiger partial charge in [-0.05, 0) is 0 Å². The van der Waals surface area contributed by atoms with Crippen LogP contribution < -0.4 is 15.9 Å². The fourth-order valence-electron chi connectivity index (χ4n) is 4.99. The zero-order valence-corrected chi connectivity index (χ0v) is 25.3. The molecule has 198 valence electrons. The predicted molar refractivity (Wildman–Crippen MR) is 170 cm³/mol. The van der Waals surface area contributed by atoms with Gasteiger partial charge in [-0.2, -0.15) is 0 Å². The van der Waals surface area contributed by atoms with Crippen LogP contribution in [-0.2, 0) is 16.1 Å². The van der Waals surface area contributed by atoms with Crippen LogP contribution in [0.25, 0.3) is 10.6 Å². The van der Waals surface area contributed by atoms with Gasteiger partial charge in [-0.3, -0.25) is 0 Å². The van der Waals surface area contributed by atoms with E-state index in [0.717, 1.165) is 37.1 Å². The van der Waals surface area contributed by atoms with Crippen molar-refractivity contribution in [2.45, 2.75) is 26.4 Å². The normalized spacial score (nSPS) is 12.6. The molecule has 0 fully saturated rings. The molecule has 4 aromatic carbocycles. The Labute approximate surface area is 242 Å². The molecular formula is C33H31BrNO2PS.